The van der Waals surface area contributed by atoms with Crippen LogP contribution in [-0.4, -0.2) is 65.6 Å². The number of hydrogen-bond acceptors (Lipinski definition) is 8. The Kier molecular flexibility index (Phi) is 13.4. The molecule has 0 spiro atoms. The van der Waals surface area contributed by atoms with Crippen LogP contribution in [0.1, 0.15) is 85.3 Å². The van der Waals surface area contributed by atoms with Gasteiger partial charge in [-0.2, -0.15) is 0 Å². The Labute approximate surface area is 329 Å². The number of carboxylic acid groups (broad SMARTS) is 1. The summed E-state index contributed by atoms with van der Waals surface area (Å²) in [6.07, 6.45) is 16.5. The average Bonchev–Trinajstić information content (AvgIpc) is 3.23. The fourth-order valence-corrected chi connectivity index (χ4v) is 8.09. The third kappa shape index (κ3) is 9.93. The maximum atomic E-state index is 13.5. The van der Waals surface area contributed by atoms with Crippen molar-refractivity contribution in [2.24, 2.45) is 17.8 Å². The molecular formula is C45H52N4O7. The van der Waals surface area contributed by atoms with Gasteiger partial charge in [-0.25, -0.2) is 9.97 Å². The number of amides is 2. The van der Waals surface area contributed by atoms with E-state index in [4.69, 9.17) is 14.2 Å². The Bertz CT molecular complexity index is 1980. The van der Waals surface area contributed by atoms with Crippen LogP contribution in [0.4, 0.5) is 5.69 Å². The molecule has 11 heteroatoms. The molecule has 1 aromatic heterocycles. The van der Waals surface area contributed by atoms with Gasteiger partial charge in [0.05, 0.1) is 27.8 Å². The first-order chi connectivity index (χ1) is 27.2. The van der Waals surface area contributed by atoms with Gasteiger partial charge in [0.15, 0.2) is 5.82 Å². The number of carboxylic acids is 1. The topological polar surface area (TPSA) is 140 Å². The number of carbonyl (C=O) groups is 3. The lowest BCUT2D eigenvalue weighted by molar-refractivity contribution is -0.137. The Morgan fingerprint density at radius 1 is 0.821 bits per heavy atom. The zero-order valence-corrected chi connectivity index (χ0v) is 32.8. The van der Waals surface area contributed by atoms with Crippen molar-refractivity contribution in [1.29, 1.82) is 0 Å². The van der Waals surface area contributed by atoms with Gasteiger partial charge in [-0.1, -0.05) is 56.5 Å². The van der Waals surface area contributed by atoms with Crippen molar-refractivity contribution in [3.63, 3.8) is 0 Å². The predicted octanol–water partition coefficient (Wildman–Crippen LogP) is 8.48. The highest BCUT2D eigenvalue weighted by atomic mass is 16.5. The van der Waals surface area contributed by atoms with Gasteiger partial charge in [0, 0.05) is 59.0 Å². The molecule has 2 N–H and O–H groups in total. The smallest absolute Gasteiger partial charge is 0.323 e. The van der Waals surface area contributed by atoms with E-state index < -0.39 is 18.4 Å². The fourth-order valence-electron chi connectivity index (χ4n) is 8.09. The highest BCUT2D eigenvalue weighted by Gasteiger charge is 2.28. The summed E-state index contributed by atoms with van der Waals surface area (Å²) in [5, 5.41) is 12.5. The number of methoxy groups -OCH3 is 3. The van der Waals surface area contributed by atoms with E-state index in [1.165, 1.54) is 70.3 Å². The largest absolute Gasteiger partial charge is 0.496 e. The van der Waals surface area contributed by atoms with Crippen LogP contribution in [0.25, 0.3) is 17.0 Å². The van der Waals surface area contributed by atoms with Crippen molar-refractivity contribution in [2.45, 2.75) is 71.3 Å². The predicted molar refractivity (Wildman–Crippen MR) is 216 cm³/mol. The summed E-state index contributed by atoms with van der Waals surface area (Å²) in [6, 6.07) is 17.2. The molecule has 6 rings (SSSR count). The van der Waals surface area contributed by atoms with E-state index in [2.05, 4.69) is 28.3 Å². The molecule has 0 saturated heterocycles. The SMILES string of the molecule is CCC1CCC(C2CC=C(c3cnc(-c4ccc(CN(CC(=O)O)C(=O)c5ccc(NC(=O)Cc6c(OC)cc(OC)cc6OC)cc5)cc4)nc3)CC2)CC1. The molecule has 294 valence electrons. The molecule has 11 nitrogen and oxygen atoms in total. The van der Waals surface area contributed by atoms with Crippen molar-refractivity contribution in [1.82, 2.24) is 14.9 Å². The number of benzene rings is 3. The summed E-state index contributed by atoms with van der Waals surface area (Å²) in [4.78, 5) is 49.0. The second-order valence-electron chi connectivity index (χ2n) is 14.8. The van der Waals surface area contributed by atoms with E-state index in [1.807, 2.05) is 36.7 Å². The first-order valence-electron chi connectivity index (χ1n) is 19.5. The van der Waals surface area contributed by atoms with Crippen molar-refractivity contribution >= 4 is 29.0 Å². The zero-order chi connectivity index (χ0) is 39.6. The van der Waals surface area contributed by atoms with Crippen LogP contribution in [0.15, 0.2) is 79.1 Å². The van der Waals surface area contributed by atoms with Crippen molar-refractivity contribution in [3.05, 3.63) is 101 Å². The molecule has 2 aliphatic rings. The van der Waals surface area contributed by atoms with Crippen LogP contribution in [0.2, 0.25) is 0 Å². The summed E-state index contributed by atoms with van der Waals surface area (Å²) >= 11 is 0. The second kappa shape index (κ2) is 18.8. The monoisotopic (exact) mass is 760 g/mol. The Morgan fingerprint density at radius 2 is 1.48 bits per heavy atom. The number of anilines is 1. The van der Waals surface area contributed by atoms with E-state index in [-0.39, 0.29) is 24.4 Å². The first-order valence-corrected chi connectivity index (χ1v) is 19.5. The molecule has 2 amide bonds. The highest BCUT2D eigenvalue weighted by Crippen LogP contribution is 2.42. The molecule has 0 bridgehead atoms. The fraction of sp³-hybridized carbons (Fsp3) is 0.400. The summed E-state index contributed by atoms with van der Waals surface area (Å²) in [7, 11) is 4.54. The quantitative estimate of drug-likeness (QED) is 0.122. The number of nitrogens with zero attached hydrogens (tertiary/aromatic N) is 3. The van der Waals surface area contributed by atoms with Crippen LogP contribution >= 0.6 is 0 Å². The molecule has 0 radical (unpaired) electrons. The van der Waals surface area contributed by atoms with Crippen LogP contribution in [-0.2, 0) is 22.6 Å². The van der Waals surface area contributed by atoms with Gasteiger partial charge < -0.3 is 29.5 Å². The van der Waals surface area contributed by atoms with Gasteiger partial charge in [0.2, 0.25) is 5.91 Å². The number of ether oxygens (including phenoxy) is 3. The van der Waals surface area contributed by atoms with Crippen molar-refractivity contribution in [3.8, 4) is 28.6 Å². The number of aliphatic carboxylic acids is 1. The maximum absolute atomic E-state index is 13.5. The summed E-state index contributed by atoms with van der Waals surface area (Å²) in [5.41, 5.74) is 5.32. The van der Waals surface area contributed by atoms with Crippen LogP contribution < -0.4 is 19.5 Å². The summed E-state index contributed by atoms with van der Waals surface area (Å²) in [5.74, 6) is 2.74. The number of nitrogens with one attached hydrogen (secondary N) is 1. The van der Waals surface area contributed by atoms with Crippen LogP contribution in [0.3, 0.4) is 0 Å². The van der Waals surface area contributed by atoms with Gasteiger partial charge in [0.25, 0.3) is 5.91 Å². The molecule has 0 aliphatic heterocycles. The lowest BCUT2D eigenvalue weighted by Gasteiger charge is -2.35. The lowest BCUT2D eigenvalue weighted by atomic mass is 9.71. The Balaban J connectivity index is 1.05. The standard InChI is InChI=1S/C45H52N4O7/c1-5-29-6-10-31(11-7-29)32-14-16-33(17-15-32)36-25-46-44(47-26-36)34-12-8-30(9-13-34)27-49(28-43(51)52)45(53)35-18-20-37(21-19-35)48-42(50)24-39-40(55-3)22-38(54-2)23-41(39)56-4/h8-9,12-13,16,18-23,25-26,29,31-32H,5-7,10-11,14-15,17,24,27-28H2,1-4H3,(H,48,50)(H,51,52). The molecule has 1 atom stereocenters. The normalized spacial score (nSPS) is 18.0. The molecule has 1 saturated carbocycles. The minimum absolute atomic E-state index is 0.0296. The summed E-state index contributed by atoms with van der Waals surface area (Å²) < 4.78 is 16.2. The van der Waals surface area contributed by atoms with Crippen LogP contribution in [0, 0.1) is 17.8 Å². The van der Waals surface area contributed by atoms with Gasteiger partial charge in [0.1, 0.15) is 23.8 Å². The zero-order valence-electron chi connectivity index (χ0n) is 32.8. The minimum Gasteiger partial charge on any atom is -0.496 e. The minimum atomic E-state index is -1.13. The van der Waals surface area contributed by atoms with Crippen molar-refractivity contribution in [2.75, 3.05) is 33.2 Å². The molecule has 4 aromatic rings. The number of allylic oxidation sites excluding steroid dienone is 2. The Hall–Kier alpha value is -5.71. The third-order valence-electron chi connectivity index (χ3n) is 11.4. The number of rotatable bonds is 15. The van der Waals surface area contributed by atoms with E-state index in [1.54, 1.807) is 36.4 Å². The van der Waals surface area contributed by atoms with Gasteiger partial charge in [-0.15, -0.1) is 0 Å². The molecule has 2 aliphatic carbocycles. The summed E-state index contributed by atoms with van der Waals surface area (Å²) in [6.45, 7) is 1.93. The van der Waals surface area contributed by atoms with Gasteiger partial charge in [-0.05, 0) is 85.3 Å². The number of aromatic nitrogens is 2. The van der Waals surface area contributed by atoms with E-state index >= 15 is 0 Å². The molecule has 56 heavy (non-hydrogen) atoms. The van der Waals surface area contributed by atoms with Crippen molar-refractivity contribution < 1.29 is 33.7 Å². The van der Waals surface area contributed by atoms with E-state index in [0.717, 1.165) is 47.3 Å². The Morgan fingerprint density at radius 3 is 2.04 bits per heavy atom. The molecule has 1 heterocycles. The maximum Gasteiger partial charge on any atom is 0.323 e. The van der Waals surface area contributed by atoms with Crippen LogP contribution in [0.5, 0.6) is 17.2 Å². The van der Waals surface area contributed by atoms with Gasteiger partial charge >= 0.3 is 5.97 Å². The molecule has 3 aromatic carbocycles. The second-order valence-corrected chi connectivity index (χ2v) is 14.8. The highest BCUT2D eigenvalue weighted by molar-refractivity contribution is 5.97. The number of carbonyl (C=O) groups excluding carboxylic acids is 2. The van der Waals surface area contributed by atoms with E-state index in [0.29, 0.717) is 34.3 Å². The van der Waals surface area contributed by atoms with Gasteiger partial charge in [-0.3, -0.25) is 14.4 Å². The van der Waals surface area contributed by atoms with E-state index in [9.17, 15) is 19.5 Å². The molecule has 1 unspecified atom stereocenters. The third-order valence-corrected chi connectivity index (χ3v) is 11.4. The lowest BCUT2D eigenvalue weighted by Crippen LogP contribution is -2.35. The average molecular weight is 761 g/mol. The molecule has 1 fully saturated rings. The number of hydrogen-bond donors (Lipinski definition) is 2. The first kappa shape index (κ1) is 40.0. The molecular weight excluding hydrogens is 709 g/mol.